The topological polar surface area (TPSA) is 74.6 Å². The standard InChI is InChI=1S/C20H28O4/c1-9(2)11-7-13-17-15(16(11)18(22)19(13,5)23)12(10(3)4)8-14(21)20(17,6)24/h7-10,13,15-17,23-24H,1-6H3/t13?,15?,16?,17?,19?,20-/m1/s1. The first-order valence-electron chi connectivity index (χ1n) is 8.88. The smallest absolute Gasteiger partial charge is 0.187 e. The maximum absolute atomic E-state index is 13.1. The van der Waals surface area contributed by atoms with Crippen molar-refractivity contribution >= 4 is 11.6 Å². The summed E-state index contributed by atoms with van der Waals surface area (Å²) >= 11 is 0. The van der Waals surface area contributed by atoms with Crippen molar-refractivity contribution in [2.24, 2.45) is 35.5 Å². The van der Waals surface area contributed by atoms with E-state index < -0.39 is 29.0 Å². The number of carbonyl (C=O) groups is 2. The van der Waals surface area contributed by atoms with Crippen LogP contribution in [0.25, 0.3) is 0 Å². The molecule has 24 heavy (non-hydrogen) atoms. The van der Waals surface area contributed by atoms with Crippen LogP contribution in [-0.4, -0.2) is 33.0 Å². The SMILES string of the molecule is CC(C)C1=CC2C3C(C(C(C)C)=CC(=O)[C@@]3(C)O)C1C(=O)C2(C)O. The van der Waals surface area contributed by atoms with Gasteiger partial charge >= 0.3 is 0 Å². The Morgan fingerprint density at radius 2 is 1.50 bits per heavy atom. The van der Waals surface area contributed by atoms with Crippen LogP contribution in [0, 0.1) is 35.5 Å². The van der Waals surface area contributed by atoms with Crippen molar-refractivity contribution in [3.05, 3.63) is 23.3 Å². The van der Waals surface area contributed by atoms with Crippen molar-refractivity contribution in [2.75, 3.05) is 0 Å². The van der Waals surface area contributed by atoms with E-state index in [0.717, 1.165) is 11.1 Å². The zero-order valence-electron chi connectivity index (χ0n) is 15.3. The molecule has 4 aliphatic rings. The van der Waals surface area contributed by atoms with Gasteiger partial charge in [-0.3, -0.25) is 9.59 Å². The number of ketones is 2. The molecule has 2 N–H and O–H groups in total. The van der Waals surface area contributed by atoms with Gasteiger partial charge in [0.05, 0.1) is 0 Å². The van der Waals surface area contributed by atoms with Gasteiger partial charge in [0, 0.05) is 23.7 Å². The molecule has 0 saturated heterocycles. The quantitative estimate of drug-likeness (QED) is 0.761. The molecule has 2 bridgehead atoms. The summed E-state index contributed by atoms with van der Waals surface area (Å²) in [5.41, 5.74) is -1.13. The molecule has 0 amide bonds. The average Bonchev–Trinajstić information content (AvgIpc) is 2.46. The van der Waals surface area contributed by atoms with Gasteiger partial charge < -0.3 is 10.2 Å². The van der Waals surface area contributed by atoms with Crippen LogP contribution in [0.4, 0.5) is 0 Å². The largest absolute Gasteiger partial charge is 0.382 e. The van der Waals surface area contributed by atoms with Crippen LogP contribution in [0.15, 0.2) is 23.3 Å². The minimum absolute atomic E-state index is 0.114. The van der Waals surface area contributed by atoms with Gasteiger partial charge in [-0.2, -0.15) is 0 Å². The van der Waals surface area contributed by atoms with E-state index in [4.69, 9.17) is 0 Å². The minimum Gasteiger partial charge on any atom is -0.382 e. The van der Waals surface area contributed by atoms with Crippen molar-refractivity contribution in [1.29, 1.82) is 0 Å². The number of aliphatic hydroxyl groups is 2. The van der Waals surface area contributed by atoms with Crippen LogP contribution in [0.2, 0.25) is 0 Å². The molecule has 132 valence electrons. The Morgan fingerprint density at radius 1 is 0.958 bits per heavy atom. The third kappa shape index (κ3) is 2.05. The highest BCUT2D eigenvalue weighted by Gasteiger charge is 2.66. The molecule has 6 atom stereocenters. The van der Waals surface area contributed by atoms with Crippen molar-refractivity contribution in [1.82, 2.24) is 0 Å². The first-order chi connectivity index (χ1) is 10.9. The third-order valence-electron chi connectivity index (χ3n) is 6.46. The van der Waals surface area contributed by atoms with Crippen molar-refractivity contribution in [3.8, 4) is 0 Å². The van der Waals surface area contributed by atoms with Gasteiger partial charge in [-0.05, 0) is 31.8 Å². The Kier molecular flexibility index (Phi) is 3.75. The normalized spacial score (nSPS) is 44.8. The molecular weight excluding hydrogens is 304 g/mol. The number of carbonyl (C=O) groups excluding carboxylic acids is 2. The molecule has 4 nitrogen and oxygen atoms in total. The van der Waals surface area contributed by atoms with Gasteiger partial charge in [0.25, 0.3) is 0 Å². The number of allylic oxidation sites excluding steroid dienone is 2. The fraction of sp³-hybridized carbons (Fsp3) is 0.700. The molecule has 0 aromatic carbocycles. The molecule has 0 aromatic rings. The van der Waals surface area contributed by atoms with Gasteiger partial charge in [0.15, 0.2) is 11.6 Å². The fourth-order valence-corrected chi connectivity index (χ4v) is 5.12. The Hall–Kier alpha value is -1.26. The highest BCUT2D eigenvalue weighted by Crippen LogP contribution is 2.59. The second-order valence-electron chi connectivity index (χ2n) is 8.70. The lowest BCUT2D eigenvalue weighted by Crippen LogP contribution is -2.68. The molecule has 4 heteroatoms. The van der Waals surface area contributed by atoms with E-state index in [9.17, 15) is 19.8 Å². The van der Waals surface area contributed by atoms with Crippen LogP contribution >= 0.6 is 0 Å². The molecule has 0 spiro atoms. The van der Waals surface area contributed by atoms with Crippen LogP contribution in [0.3, 0.4) is 0 Å². The molecule has 0 aromatic heterocycles. The molecular formula is C20H28O4. The van der Waals surface area contributed by atoms with Crippen molar-refractivity contribution in [2.45, 2.75) is 52.7 Å². The van der Waals surface area contributed by atoms with E-state index in [0.29, 0.717) is 0 Å². The molecule has 0 aliphatic heterocycles. The number of fused-ring (bicyclic) bond motifs is 1. The van der Waals surface area contributed by atoms with E-state index in [1.54, 1.807) is 6.08 Å². The lowest BCUT2D eigenvalue weighted by Gasteiger charge is -2.59. The number of hydrogen-bond acceptors (Lipinski definition) is 4. The van der Waals surface area contributed by atoms with Gasteiger partial charge in [-0.1, -0.05) is 44.9 Å². The number of Topliss-reactive ketones (excluding diaryl/α,β-unsaturated/α-hetero) is 1. The lowest BCUT2D eigenvalue weighted by atomic mass is 9.45. The third-order valence-corrected chi connectivity index (χ3v) is 6.46. The van der Waals surface area contributed by atoms with Gasteiger partial charge in [-0.15, -0.1) is 0 Å². The second kappa shape index (κ2) is 5.12. The predicted molar refractivity (Wildman–Crippen MR) is 91.1 cm³/mol. The monoisotopic (exact) mass is 332 g/mol. The van der Waals surface area contributed by atoms with Crippen LogP contribution < -0.4 is 0 Å². The molecule has 5 unspecified atom stereocenters. The zero-order valence-corrected chi connectivity index (χ0v) is 15.3. The summed E-state index contributed by atoms with van der Waals surface area (Å²) in [5.74, 6) is -1.86. The lowest BCUT2D eigenvalue weighted by molar-refractivity contribution is -0.178. The van der Waals surface area contributed by atoms with Gasteiger partial charge in [0.1, 0.15) is 11.2 Å². The maximum atomic E-state index is 13.1. The summed E-state index contributed by atoms with van der Waals surface area (Å²) in [5, 5.41) is 21.8. The molecule has 4 aliphatic carbocycles. The molecule has 4 rings (SSSR count). The molecule has 1 fully saturated rings. The average molecular weight is 332 g/mol. The van der Waals surface area contributed by atoms with Crippen LogP contribution in [-0.2, 0) is 9.59 Å². The Morgan fingerprint density at radius 3 is 2.00 bits per heavy atom. The fourth-order valence-electron chi connectivity index (χ4n) is 5.12. The van der Waals surface area contributed by atoms with E-state index in [2.05, 4.69) is 13.8 Å². The predicted octanol–water partition coefficient (Wildman–Crippen LogP) is 2.30. The molecule has 0 radical (unpaired) electrons. The second-order valence-corrected chi connectivity index (χ2v) is 8.70. The van der Waals surface area contributed by atoms with Gasteiger partial charge in [0.2, 0.25) is 0 Å². The summed E-state index contributed by atoms with van der Waals surface area (Å²) in [6.07, 6.45) is 3.51. The summed E-state index contributed by atoms with van der Waals surface area (Å²) in [6, 6.07) is 0. The molecule has 1 saturated carbocycles. The first kappa shape index (κ1) is 17.6. The van der Waals surface area contributed by atoms with Crippen molar-refractivity contribution in [3.63, 3.8) is 0 Å². The summed E-state index contributed by atoms with van der Waals surface area (Å²) in [4.78, 5) is 25.6. The van der Waals surface area contributed by atoms with Crippen molar-refractivity contribution < 1.29 is 19.8 Å². The summed E-state index contributed by atoms with van der Waals surface area (Å²) in [6.45, 7) is 11.2. The number of hydrogen-bond donors (Lipinski definition) is 2. The molecule has 0 heterocycles. The Balaban J connectivity index is 2.28. The number of rotatable bonds is 2. The first-order valence-corrected chi connectivity index (χ1v) is 8.88. The minimum atomic E-state index is -1.56. The van der Waals surface area contributed by atoms with Crippen LogP contribution in [0.5, 0.6) is 0 Å². The van der Waals surface area contributed by atoms with E-state index in [1.807, 2.05) is 19.9 Å². The van der Waals surface area contributed by atoms with Gasteiger partial charge in [-0.25, -0.2) is 0 Å². The summed E-state index contributed by atoms with van der Waals surface area (Å²) in [7, 11) is 0. The van der Waals surface area contributed by atoms with E-state index in [1.165, 1.54) is 13.8 Å². The highest BCUT2D eigenvalue weighted by atomic mass is 16.3. The Labute approximate surface area is 143 Å². The Bertz CT molecular complexity index is 663. The highest BCUT2D eigenvalue weighted by molar-refractivity contribution is 6.01. The maximum Gasteiger partial charge on any atom is 0.187 e. The van der Waals surface area contributed by atoms with Crippen LogP contribution in [0.1, 0.15) is 41.5 Å². The summed E-state index contributed by atoms with van der Waals surface area (Å²) < 4.78 is 0. The van der Waals surface area contributed by atoms with E-state index >= 15 is 0 Å². The van der Waals surface area contributed by atoms with E-state index in [-0.39, 0.29) is 29.3 Å². The zero-order chi connectivity index (χ0) is 18.2.